The highest BCUT2D eigenvalue weighted by Gasteiger charge is 2.28. The average molecular weight is 219 g/mol. The topological polar surface area (TPSA) is 12.9 Å². The van der Waals surface area contributed by atoms with Crippen molar-refractivity contribution >= 4 is 21.6 Å². The standard InChI is InChI=1S/C13H17NS/c1-9(2)13(3,4)12-14-10-7-5-6-8-11(10)15-12/h5-9H,1-4H3. The van der Waals surface area contributed by atoms with E-state index < -0.39 is 0 Å². The second-order valence-electron chi connectivity index (χ2n) is 4.86. The fraction of sp³-hybridized carbons (Fsp3) is 0.462. The Morgan fingerprint density at radius 2 is 1.87 bits per heavy atom. The third kappa shape index (κ3) is 1.78. The molecule has 0 aliphatic carbocycles. The molecule has 0 fully saturated rings. The van der Waals surface area contributed by atoms with Crippen molar-refractivity contribution in [2.45, 2.75) is 33.1 Å². The van der Waals surface area contributed by atoms with Crippen molar-refractivity contribution in [1.29, 1.82) is 0 Å². The number of para-hydroxylation sites is 1. The zero-order valence-electron chi connectivity index (χ0n) is 9.74. The SMILES string of the molecule is CC(C)C(C)(C)c1nc2ccccc2s1. The molecule has 0 spiro atoms. The van der Waals surface area contributed by atoms with Crippen LogP contribution in [0.15, 0.2) is 24.3 Å². The fourth-order valence-electron chi connectivity index (χ4n) is 1.39. The van der Waals surface area contributed by atoms with Crippen molar-refractivity contribution in [1.82, 2.24) is 4.98 Å². The minimum Gasteiger partial charge on any atom is -0.241 e. The van der Waals surface area contributed by atoms with E-state index in [1.165, 1.54) is 9.71 Å². The van der Waals surface area contributed by atoms with Gasteiger partial charge in [0, 0.05) is 5.41 Å². The number of hydrogen-bond acceptors (Lipinski definition) is 2. The molecular formula is C13H17NS. The Balaban J connectivity index is 2.53. The molecule has 0 radical (unpaired) electrons. The lowest BCUT2D eigenvalue weighted by atomic mass is 9.82. The van der Waals surface area contributed by atoms with Gasteiger partial charge >= 0.3 is 0 Å². The van der Waals surface area contributed by atoms with Gasteiger partial charge in [-0.05, 0) is 18.1 Å². The zero-order valence-corrected chi connectivity index (χ0v) is 10.6. The lowest BCUT2D eigenvalue weighted by molar-refractivity contribution is 0.371. The molecule has 0 N–H and O–H groups in total. The molecular weight excluding hydrogens is 202 g/mol. The summed E-state index contributed by atoms with van der Waals surface area (Å²) >= 11 is 1.82. The molecule has 15 heavy (non-hydrogen) atoms. The van der Waals surface area contributed by atoms with Crippen LogP contribution in [0.2, 0.25) is 0 Å². The molecule has 2 heteroatoms. The van der Waals surface area contributed by atoms with E-state index in [0.717, 1.165) is 5.52 Å². The van der Waals surface area contributed by atoms with E-state index in [-0.39, 0.29) is 5.41 Å². The van der Waals surface area contributed by atoms with Gasteiger partial charge < -0.3 is 0 Å². The predicted molar refractivity (Wildman–Crippen MR) is 67.5 cm³/mol. The Labute approximate surface area is 95.2 Å². The van der Waals surface area contributed by atoms with Crippen molar-refractivity contribution in [3.63, 3.8) is 0 Å². The molecule has 2 rings (SSSR count). The summed E-state index contributed by atoms with van der Waals surface area (Å²) < 4.78 is 1.29. The third-order valence-corrected chi connectivity index (χ3v) is 4.66. The van der Waals surface area contributed by atoms with Crippen LogP contribution < -0.4 is 0 Å². The van der Waals surface area contributed by atoms with Gasteiger partial charge in [-0.3, -0.25) is 0 Å². The van der Waals surface area contributed by atoms with Crippen molar-refractivity contribution < 1.29 is 0 Å². The molecule has 0 unspecified atom stereocenters. The number of aromatic nitrogens is 1. The van der Waals surface area contributed by atoms with Gasteiger partial charge in [0.2, 0.25) is 0 Å². The second-order valence-corrected chi connectivity index (χ2v) is 5.89. The van der Waals surface area contributed by atoms with E-state index in [1.54, 1.807) is 0 Å². The second kappa shape index (κ2) is 3.60. The van der Waals surface area contributed by atoms with Crippen LogP contribution in [-0.2, 0) is 5.41 Å². The highest BCUT2D eigenvalue weighted by molar-refractivity contribution is 7.18. The van der Waals surface area contributed by atoms with Crippen LogP contribution in [-0.4, -0.2) is 4.98 Å². The minimum atomic E-state index is 0.170. The maximum Gasteiger partial charge on any atom is 0.0997 e. The molecule has 0 atom stereocenters. The molecule has 0 saturated carbocycles. The number of benzene rings is 1. The van der Waals surface area contributed by atoms with Crippen molar-refractivity contribution in [3.8, 4) is 0 Å². The van der Waals surface area contributed by atoms with E-state index in [0.29, 0.717) is 5.92 Å². The number of hydrogen-bond donors (Lipinski definition) is 0. The predicted octanol–water partition coefficient (Wildman–Crippen LogP) is 4.23. The van der Waals surface area contributed by atoms with Crippen LogP contribution in [0.4, 0.5) is 0 Å². The summed E-state index contributed by atoms with van der Waals surface area (Å²) in [7, 11) is 0. The summed E-state index contributed by atoms with van der Waals surface area (Å²) in [5, 5.41) is 1.25. The van der Waals surface area contributed by atoms with Gasteiger partial charge in [-0.1, -0.05) is 39.8 Å². The van der Waals surface area contributed by atoms with E-state index in [2.05, 4.69) is 45.9 Å². The van der Waals surface area contributed by atoms with Gasteiger partial charge in [0.15, 0.2) is 0 Å². The summed E-state index contributed by atoms with van der Waals surface area (Å²) in [6.45, 7) is 9.06. The molecule has 0 aliphatic heterocycles. The largest absolute Gasteiger partial charge is 0.241 e. The molecule has 0 saturated heterocycles. The van der Waals surface area contributed by atoms with Gasteiger partial charge in [-0.2, -0.15) is 0 Å². The van der Waals surface area contributed by atoms with Crippen LogP contribution >= 0.6 is 11.3 Å². The minimum absolute atomic E-state index is 0.170. The van der Waals surface area contributed by atoms with E-state index >= 15 is 0 Å². The first-order chi connectivity index (χ1) is 7.01. The normalized spacial score (nSPS) is 12.6. The monoisotopic (exact) mass is 219 g/mol. The van der Waals surface area contributed by atoms with Crippen LogP contribution in [0.25, 0.3) is 10.2 Å². The quantitative estimate of drug-likeness (QED) is 0.736. The first-order valence-corrected chi connectivity index (χ1v) is 6.19. The Morgan fingerprint density at radius 1 is 1.20 bits per heavy atom. The highest BCUT2D eigenvalue weighted by Crippen LogP contribution is 2.36. The van der Waals surface area contributed by atoms with Crippen molar-refractivity contribution in [2.24, 2.45) is 5.92 Å². The first kappa shape index (κ1) is 10.6. The molecule has 0 bridgehead atoms. The first-order valence-electron chi connectivity index (χ1n) is 5.38. The van der Waals surface area contributed by atoms with E-state index in [9.17, 15) is 0 Å². The van der Waals surface area contributed by atoms with Gasteiger partial charge in [-0.15, -0.1) is 11.3 Å². The number of fused-ring (bicyclic) bond motifs is 1. The Kier molecular flexibility index (Phi) is 2.55. The summed E-state index contributed by atoms with van der Waals surface area (Å²) in [6.07, 6.45) is 0. The van der Waals surface area contributed by atoms with Crippen LogP contribution in [0, 0.1) is 5.92 Å². The summed E-state index contributed by atoms with van der Waals surface area (Å²) in [5.41, 5.74) is 1.30. The van der Waals surface area contributed by atoms with Crippen LogP contribution in [0.3, 0.4) is 0 Å². The van der Waals surface area contributed by atoms with Crippen LogP contribution in [0.1, 0.15) is 32.7 Å². The number of thiazole rings is 1. The van der Waals surface area contributed by atoms with Gasteiger partial charge in [-0.25, -0.2) is 4.98 Å². The smallest absolute Gasteiger partial charge is 0.0997 e. The molecule has 1 heterocycles. The van der Waals surface area contributed by atoms with Gasteiger partial charge in [0.25, 0.3) is 0 Å². The number of nitrogens with zero attached hydrogens (tertiary/aromatic N) is 1. The molecule has 1 nitrogen and oxygen atoms in total. The lowest BCUT2D eigenvalue weighted by Gasteiger charge is -2.26. The van der Waals surface area contributed by atoms with E-state index in [1.807, 2.05) is 17.4 Å². The Hall–Kier alpha value is -0.890. The highest BCUT2D eigenvalue weighted by atomic mass is 32.1. The molecule has 1 aromatic heterocycles. The summed E-state index contributed by atoms with van der Waals surface area (Å²) in [5.74, 6) is 0.609. The molecule has 80 valence electrons. The molecule has 2 aromatic rings. The maximum absolute atomic E-state index is 4.72. The fourth-order valence-corrected chi connectivity index (χ4v) is 2.61. The molecule has 0 amide bonds. The molecule has 0 aliphatic rings. The van der Waals surface area contributed by atoms with Gasteiger partial charge in [0.1, 0.15) is 0 Å². The van der Waals surface area contributed by atoms with Crippen molar-refractivity contribution in [2.75, 3.05) is 0 Å². The number of rotatable bonds is 2. The van der Waals surface area contributed by atoms with Gasteiger partial charge in [0.05, 0.1) is 15.2 Å². The summed E-state index contributed by atoms with van der Waals surface area (Å²) in [4.78, 5) is 4.72. The van der Waals surface area contributed by atoms with E-state index in [4.69, 9.17) is 4.98 Å². The van der Waals surface area contributed by atoms with Crippen molar-refractivity contribution in [3.05, 3.63) is 29.3 Å². The zero-order chi connectivity index (χ0) is 11.1. The lowest BCUT2D eigenvalue weighted by Crippen LogP contribution is -2.23. The summed E-state index contributed by atoms with van der Waals surface area (Å²) in [6, 6.07) is 8.36. The Morgan fingerprint density at radius 3 is 2.47 bits per heavy atom. The molecule has 1 aromatic carbocycles. The average Bonchev–Trinajstić information content (AvgIpc) is 2.61. The Bertz CT molecular complexity index is 435. The third-order valence-electron chi connectivity index (χ3n) is 3.29. The maximum atomic E-state index is 4.72. The van der Waals surface area contributed by atoms with Crippen LogP contribution in [0.5, 0.6) is 0 Å².